The highest BCUT2D eigenvalue weighted by Gasteiger charge is 2.37. The normalized spacial score (nSPS) is 27.2. The number of nitrogens with one attached hydrogen (secondary N) is 2. The summed E-state index contributed by atoms with van der Waals surface area (Å²) in [5, 5.41) is 3.35. The molecule has 6 heteroatoms. The smallest absolute Gasteiger partial charge is 0.334 e. The van der Waals surface area contributed by atoms with Crippen molar-refractivity contribution in [3.05, 3.63) is 29.6 Å². The fourth-order valence-electron chi connectivity index (χ4n) is 3.07. The molecule has 0 amide bonds. The Morgan fingerprint density at radius 1 is 1.33 bits per heavy atom. The van der Waals surface area contributed by atoms with E-state index >= 15 is 0 Å². The van der Waals surface area contributed by atoms with Gasteiger partial charge in [0.1, 0.15) is 0 Å². The van der Waals surface area contributed by atoms with Gasteiger partial charge in [-0.1, -0.05) is 19.9 Å². The lowest BCUT2D eigenvalue weighted by atomic mass is 9.68. The van der Waals surface area contributed by atoms with Crippen molar-refractivity contribution in [3.63, 3.8) is 0 Å². The highest BCUT2D eigenvalue weighted by molar-refractivity contribution is 5.76. The third-order valence-electron chi connectivity index (χ3n) is 4.77. The van der Waals surface area contributed by atoms with E-state index in [4.69, 9.17) is 0 Å². The molecule has 3 rings (SSSR count). The zero-order valence-corrected chi connectivity index (χ0v) is 12.0. The van der Waals surface area contributed by atoms with Crippen molar-refractivity contribution in [3.8, 4) is 0 Å². The number of hydrogen-bond acceptors (Lipinski definition) is 2. The number of nitrogens with zero attached hydrogens (tertiary/aromatic N) is 1. The van der Waals surface area contributed by atoms with Crippen LogP contribution in [-0.4, -0.2) is 23.1 Å². The summed E-state index contributed by atoms with van der Waals surface area (Å²) in [6.07, 6.45) is -3.47. The van der Waals surface area contributed by atoms with E-state index in [1.807, 2.05) is 12.1 Å². The van der Waals surface area contributed by atoms with Gasteiger partial charge in [-0.2, -0.15) is 13.2 Å². The Hall–Kier alpha value is -1.56. The van der Waals surface area contributed by atoms with E-state index in [1.54, 1.807) is 6.07 Å². The van der Waals surface area contributed by atoms with Crippen LogP contribution in [0.2, 0.25) is 0 Å². The maximum Gasteiger partial charge on any atom is 0.449 e. The predicted octanol–water partition coefficient (Wildman–Crippen LogP) is 3.47. The second kappa shape index (κ2) is 4.73. The van der Waals surface area contributed by atoms with Gasteiger partial charge in [0.05, 0.1) is 11.0 Å². The first-order chi connectivity index (χ1) is 9.80. The number of H-pyrrole nitrogens is 1. The van der Waals surface area contributed by atoms with Crippen molar-refractivity contribution >= 4 is 11.0 Å². The molecule has 0 radical (unpaired) electrons. The molecule has 2 atom stereocenters. The van der Waals surface area contributed by atoms with Crippen LogP contribution in [0.25, 0.3) is 11.0 Å². The van der Waals surface area contributed by atoms with Crippen LogP contribution < -0.4 is 5.32 Å². The van der Waals surface area contributed by atoms with Crippen LogP contribution in [0, 0.1) is 5.92 Å². The zero-order valence-electron chi connectivity index (χ0n) is 12.0. The van der Waals surface area contributed by atoms with E-state index < -0.39 is 12.0 Å². The molecule has 0 aliphatic carbocycles. The average molecular weight is 297 g/mol. The number of aromatic nitrogens is 2. The lowest BCUT2D eigenvalue weighted by molar-refractivity contribution is -0.144. The molecule has 114 valence electrons. The lowest BCUT2D eigenvalue weighted by Gasteiger charge is -2.40. The Morgan fingerprint density at radius 2 is 2.10 bits per heavy atom. The molecule has 2 heterocycles. The average Bonchev–Trinajstić information content (AvgIpc) is 2.85. The van der Waals surface area contributed by atoms with E-state index in [0.717, 1.165) is 25.1 Å². The largest absolute Gasteiger partial charge is 0.449 e. The summed E-state index contributed by atoms with van der Waals surface area (Å²) in [6.45, 7) is 6.20. The fraction of sp³-hybridized carbons (Fsp3) is 0.533. The van der Waals surface area contributed by atoms with Crippen molar-refractivity contribution < 1.29 is 13.2 Å². The van der Waals surface area contributed by atoms with Crippen LogP contribution >= 0.6 is 0 Å². The number of imidazole rings is 1. The second-order valence-electron chi connectivity index (χ2n) is 6.09. The summed E-state index contributed by atoms with van der Waals surface area (Å²) >= 11 is 0. The lowest BCUT2D eigenvalue weighted by Crippen LogP contribution is -2.44. The van der Waals surface area contributed by atoms with Gasteiger partial charge in [-0.3, -0.25) is 0 Å². The Morgan fingerprint density at radius 3 is 2.76 bits per heavy atom. The first-order valence-corrected chi connectivity index (χ1v) is 7.09. The predicted molar refractivity (Wildman–Crippen MR) is 75.1 cm³/mol. The summed E-state index contributed by atoms with van der Waals surface area (Å²) in [5.41, 5.74) is 1.85. The highest BCUT2D eigenvalue weighted by atomic mass is 19.4. The molecule has 0 spiro atoms. The van der Waals surface area contributed by atoms with Crippen molar-refractivity contribution in [2.75, 3.05) is 13.1 Å². The number of rotatable bonds is 1. The quantitative estimate of drug-likeness (QED) is 0.846. The molecule has 21 heavy (non-hydrogen) atoms. The van der Waals surface area contributed by atoms with Gasteiger partial charge in [0.15, 0.2) is 0 Å². The summed E-state index contributed by atoms with van der Waals surface area (Å²) in [4.78, 5) is 6.01. The molecule has 0 bridgehead atoms. The van der Waals surface area contributed by atoms with Gasteiger partial charge in [-0.05, 0) is 48.5 Å². The number of alkyl halides is 3. The van der Waals surface area contributed by atoms with E-state index in [2.05, 4.69) is 29.1 Å². The molecule has 1 saturated heterocycles. The minimum Gasteiger partial charge on any atom is -0.334 e. The monoisotopic (exact) mass is 297 g/mol. The molecule has 1 aliphatic rings. The van der Waals surface area contributed by atoms with Gasteiger partial charge in [0.25, 0.3) is 0 Å². The van der Waals surface area contributed by atoms with Crippen LogP contribution in [0.15, 0.2) is 18.2 Å². The third-order valence-corrected chi connectivity index (χ3v) is 4.77. The van der Waals surface area contributed by atoms with E-state index in [0.29, 0.717) is 17.0 Å². The first-order valence-electron chi connectivity index (χ1n) is 7.09. The molecule has 1 aliphatic heterocycles. The molecule has 0 saturated carbocycles. The number of aromatic amines is 1. The third kappa shape index (κ3) is 2.41. The molecular formula is C15H18F3N3. The number of halogens is 3. The molecule has 1 aromatic carbocycles. The molecule has 1 fully saturated rings. The Bertz CT molecular complexity index is 662. The molecular weight excluding hydrogens is 279 g/mol. The van der Waals surface area contributed by atoms with Crippen LogP contribution in [0.3, 0.4) is 0 Å². The van der Waals surface area contributed by atoms with E-state index in [9.17, 15) is 13.2 Å². The van der Waals surface area contributed by atoms with Crippen molar-refractivity contribution in [1.82, 2.24) is 15.3 Å². The van der Waals surface area contributed by atoms with Gasteiger partial charge in [0, 0.05) is 0 Å². The Balaban J connectivity index is 2.04. The molecule has 1 aromatic heterocycles. The molecule has 2 aromatic rings. The number of benzene rings is 1. The van der Waals surface area contributed by atoms with Gasteiger partial charge < -0.3 is 10.3 Å². The van der Waals surface area contributed by atoms with Crippen molar-refractivity contribution in [2.24, 2.45) is 5.92 Å². The Labute approximate surface area is 121 Å². The molecule has 2 N–H and O–H groups in total. The number of piperidine rings is 1. The molecule has 3 nitrogen and oxygen atoms in total. The van der Waals surface area contributed by atoms with Gasteiger partial charge in [0.2, 0.25) is 5.82 Å². The van der Waals surface area contributed by atoms with Gasteiger partial charge in [-0.25, -0.2) is 4.98 Å². The molecule has 0 unspecified atom stereocenters. The fourth-order valence-corrected chi connectivity index (χ4v) is 3.07. The standard InChI is InChI=1S/C15H18F3N3/c1-9-8-19-6-5-14(9,2)10-3-4-11-12(7-10)21-13(20-11)15(16,17)18/h3-4,7,9,19H,5-6,8H2,1-2H3,(H,20,21)/t9-,14-/m0/s1. The van der Waals surface area contributed by atoms with Crippen molar-refractivity contribution in [1.29, 1.82) is 0 Å². The number of fused-ring (bicyclic) bond motifs is 1. The minimum absolute atomic E-state index is 0.0249. The summed E-state index contributed by atoms with van der Waals surface area (Å²) in [7, 11) is 0. The van der Waals surface area contributed by atoms with Crippen LogP contribution in [-0.2, 0) is 11.6 Å². The van der Waals surface area contributed by atoms with Crippen molar-refractivity contribution in [2.45, 2.75) is 31.9 Å². The summed E-state index contributed by atoms with van der Waals surface area (Å²) in [5.74, 6) is -0.508. The maximum atomic E-state index is 12.7. The summed E-state index contributed by atoms with van der Waals surface area (Å²) < 4.78 is 38.2. The van der Waals surface area contributed by atoms with Gasteiger partial charge in [-0.15, -0.1) is 0 Å². The van der Waals surface area contributed by atoms with E-state index in [-0.39, 0.29) is 5.41 Å². The van der Waals surface area contributed by atoms with Crippen LogP contribution in [0.1, 0.15) is 31.7 Å². The SMILES string of the molecule is C[C@H]1CNCC[C@]1(C)c1ccc2nc(C(F)(F)F)[nH]c2c1. The number of hydrogen-bond donors (Lipinski definition) is 2. The van der Waals surface area contributed by atoms with Crippen LogP contribution in [0.4, 0.5) is 13.2 Å². The minimum atomic E-state index is -4.44. The topological polar surface area (TPSA) is 40.7 Å². The maximum absolute atomic E-state index is 12.7. The Kier molecular flexibility index (Phi) is 3.24. The van der Waals surface area contributed by atoms with Crippen LogP contribution in [0.5, 0.6) is 0 Å². The van der Waals surface area contributed by atoms with Gasteiger partial charge >= 0.3 is 6.18 Å². The second-order valence-corrected chi connectivity index (χ2v) is 6.09. The summed E-state index contributed by atoms with van der Waals surface area (Å²) in [6, 6.07) is 5.40. The zero-order chi connectivity index (χ0) is 15.3. The first kappa shape index (κ1) is 14.4. The van der Waals surface area contributed by atoms with E-state index in [1.165, 1.54) is 0 Å². The highest BCUT2D eigenvalue weighted by Crippen LogP contribution is 2.38.